The van der Waals surface area contributed by atoms with E-state index in [2.05, 4.69) is 46.4 Å². The maximum atomic E-state index is 12.3. The number of nitrogens with two attached hydrogens (primary N) is 1. The fraction of sp³-hybridized carbons (Fsp3) is 0.520. The summed E-state index contributed by atoms with van der Waals surface area (Å²) in [6.07, 6.45) is -1.02. The number of anilines is 2. The van der Waals surface area contributed by atoms with Gasteiger partial charge in [0.05, 0.1) is 6.33 Å². The van der Waals surface area contributed by atoms with Crippen molar-refractivity contribution in [3.63, 3.8) is 0 Å². The van der Waals surface area contributed by atoms with Gasteiger partial charge >= 0.3 is 6.03 Å². The summed E-state index contributed by atoms with van der Waals surface area (Å²) in [5.74, 6) is 0.226. The number of rotatable bonds is 8. The van der Waals surface area contributed by atoms with Crippen molar-refractivity contribution in [3.05, 3.63) is 42.5 Å². The molecule has 1 unspecified atom stereocenters. The van der Waals surface area contributed by atoms with Crippen LogP contribution >= 0.6 is 0 Å². The topological polar surface area (TPSA) is 164 Å². The maximum absolute atomic E-state index is 12.3. The number of aromatic nitrogens is 4. The molecule has 3 aromatic rings. The number of ether oxygens (including phenoxy) is 1. The number of benzene rings is 1. The zero-order valence-corrected chi connectivity index (χ0v) is 21.6. The second kappa shape index (κ2) is 11.0. The predicted molar refractivity (Wildman–Crippen MR) is 140 cm³/mol. The molecule has 3 heterocycles. The van der Waals surface area contributed by atoms with Gasteiger partial charge in [0.15, 0.2) is 17.7 Å². The number of imidazole rings is 1. The van der Waals surface area contributed by atoms with Crippen LogP contribution in [0.3, 0.4) is 0 Å². The summed E-state index contributed by atoms with van der Waals surface area (Å²) in [6, 6.07) is 7.52. The number of aliphatic hydroxyl groups excluding tert-OH is 2. The van der Waals surface area contributed by atoms with Crippen LogP contribution in [0.1, 0.15) is 39.5 Å². The average Bonchev–Trinajstić information content (AvgIpc) is 3.40. The number of urea groups is 1. The van der Waals surface area contributed by atoms with Crippen molar-refractivity contribution >= 4 is 28.7 Å². The van der Waals surface area contributed by atoms with Crippen molar-refractivity contribution in [1.29, 1.82) is 0 Å². The van der Waals surface area contributed by atoms with Gasteiger partial charge in [0.2, 0.25) is 0 Å². The highest BCUT2D eigenvalue weighted by Crippen LogP contribution is 2.32. The molecule has 0 saturated carbocycles. The van der Waals surface area contributed by atoms with Crippen LogP contribution in [0.4, 0.5) is 16.3 Å². The Kier molecular flexibility index (Phi) is 7.93. The van der Waals surface area contributed by atoms with Crippen molar-refractivity contribution in [2.75, 3.05) is 37.2 Å². The van der Waals surface area contributed by atoms with Gasteiger partial charge in [-0.2, -0.15) is 0 Å². The van der Waals surface area contributed by atoms with Gasteiger partial charge < -0.3 is 31.3 Å². The SMILES string of the molecule is CCN(CCNC(=O)Nc1ccc(C(C)(C)C)cc1)C[C@H]1OC(n2cnc3c(N)ncnc32)[C@H](O)[C@@H]1O. The monoisotopic (exact) mass is 512 g/mol. The summed E-state index contributed by atoms with van der Waals surface area (Å²) in [5.41, 5.74) is 8.64. The van der Waals surface area contributed by atoms with Gasteiger partial charge in [-0.15, -0.1) is 0 Å². The first-order valence-electron chi connectivity index (χ1n) is 12.4. The van der Waals surface area contributed by atoms with Gasteiger partial charge in [-0.25, -0.2) is 19.7 Å². The molecule has 1 aliphatic rings. The lowest BCUT2D eigenvalue weighted by Gasteiger charge is -2.25. The highest BCUT2D eigenvalue weighted by molar-refractivity contribution is 5.89. The second-order valence-electron chi connectivity index (χ2n) is 10.2. The Hall–Kier alpha value is -3.32. The van der Waals surface area contributed by atoms with Crippen LogP contribution in [-0.4, -0.2) is 85.2 Å². The van der Waals surface area contributed by atoms with Crippen LogP contribution in [0, 0.1) is 0 Å². The lowest BCUT2D eigenvalue weighted by Crippen LogP contribution is -2.43. The Labute approximate surface area is 215 Å². The normalized spacial score (nSPS) is 22.0. The number of hydrogen-bond acceptors (Lipinski definition) is 9. The number of carbonyl (C=O) groups is 1. The highest BCUT2D eigenvalue weighted by atomic mass is 16.6. The van der Waals surface area contributed by atoms with E-state index in [0.29, 0.717) is 37.3 Å². The summed E-state index contributed by atoms with van der Waals surface area (Å²) < 4.78 is 7.58. The molecule has 2 aromatic heterocycles. The number of carbonyl (C=O) groups excluding carboxylic acids is 1. The second-order valence-corrected chi connectivity index (χ2v) is 10.2. The zero-order chi connectivity index (χ0) is 26.7. The zero-order valence-electron chi connectivity index (χ0n) is 21.6. The number of amides is 2. The van der Waals surface area contributed by atoms with E-state index in [-0.39, 0.29) is 17.3 Å². The van der Waals surface area contributed by atoms with Gasteiger partial charge in [-0.1, -0.05) is 39.8 Å². The quantitative estimate of drug-likeness (QED) is 0.301. The van der Waals surface area contributed by atoms with Crippen molar-refractivity contribution < 1.29 is 19.7 Å². The first kappa shape index (κ1) is 26.7. The summed E-state index contributed by atoms with van der Waals surface area (Å²) in [6.45, 7) is 10.4. The Morgan fingerprint density at radius 2 is 1.89 bits per heavy atom. The van der Waals surface area contributed by atoms with Gasteiger partial charge in [0, 0.05) is 25.3 Å². The minimum atomic E-state index is -1.18. The third-order valence-corrected chi connectivity index (χ3v) is 6.61. The van der Waals surface area contributed by atoms with E-state index in [9.17, 15) is 15.0 Å². The summed E-state index contributed by atoms with van der Waals surface area (Å²) in [5, 5.41) is 27.1. The van der Waals surface area contributed by atoms with Crippen molar-refractivity contribution in [2.45, 2.75) is 57.6 Å². The first-order valence-corrected chi connectivity index (χ1v) is 12.4. The molecule has 12 heteroatoms. The summed E-state index contributed by atoms with van der Waals surface area (Å²) >= 11 is 0. The number of nitrogens with one attached hydrogen (secondary N) is 2. The van der Waals surface area contributed by atoms with E-state index in [1.807, 2.05) is 36.1 Å². The Morgan fingerprint density at radius 3 is 2.57 bits per heavy atom. The molecule has 0 spiro atoms. The first-order chi connectivity index (χ1) is 17.6. The van der Waals surface area contributed by atoms with Crippen LogP contribution < -0.4 is 16.4 Å². The van der Waals surface area contributed by atoms with Gasteiger partial charge in [-0.05, 0) is 29.7 Å². The van der Waals surface area contributed by atoms with Crippen LogP contribution in [0.2, 0.25) is 0 Å². The van der Waals surface area contributed by atoms with Crippen molar-refractivity contribution in [1.82, 2.24) is 29.7 Å². The number of fused-ring (bicyclic) bond motifs is 1. The van der Waals surface area contributed by atoms with E-state index >= 15 is 0 Å². The molecule has 4 rings (SSSR count). The molecule has 1 aromatic carbocycles. The molecule has 6 N–H and O–H groups in total. The van der Waals surface area contributed by atoms with E-state index in [1.165, 1.54) is 18.2 Å². The maximum Gasteiger partial charge on any atom is 0.319 e. The molecule has 4 atom stereocenters. The lowest BCUT2D eigenvalue weighted by molar-refractivity contribution is -0.0436. The van der Waals surface area contributed by atoms with Gasteiger partial charge in [-0.3, -0.25) is 9.47 Å². The lowest BCUT2D eigenvalue weighted by atomic mass is 9.87. The van der Waals surface area contributed by atoms with Crippen LogP contribution in [-0.2, 0) is 10.2 Å². The van der Waals surface area contributed by atoms with Gasteiger partial charge in [0.1, 0.15) is 30.2 Å². The number of aliphatic hydroxyl groups is 2. The molecule has 12 nitrogen and oxygen atoms in total. The average molecular weight is 513 g/mol. The smallest absolute Gasteiger partial charge is 0.319 e. The molecule has 1 saturated heterocycles. The fourth-order valence-corrected chi connectivity index (χ4v) is 4.36. The fourth-order valence-electron chi connectivity index (χ4n) is 4.36. The number of likely N-dealkylation sites (N-methyl/N-ethyl adjacent to an activating group) is 1. The number of nitrogens with zero attached hydrogens (tertiary/aromatic N) is 5. The predicted octanol–water partition coefficient (Wildman–Crippen LogP) is 1.47. The van der Waals surface area contributed by atoms with Crippen LogP contribution in [0.15, 0.2) is 36.9 Å². The molecule has 0 bridgehead atoms. The Bertz CT molecular complexity index is 1210. The van der Waals surface area contributed by atoms with E-state index in [4.69, 9.17) is 10.5 Å². The van der Waals surface area contributed by atoms with Gasteiger partial charge in [0.25, 0.3) is 0 Å². The largest absolute Gasteiger partial charge is 0.387 e. The third-order valence-electron chi connectivity index (χ3n) is 6.61. The minimum Gasteiger partial charge on any atom is -0.387 e. The van der Waals surface area contributed by atoms with Crippen LogP contribution in [0.5, 0.6) is 0 Å². The number of hydrogen-bond donors (Lipinski definition) is 5. The molecule has 1 fully saturated rings. The Balaban J connectivity index is 1.29. The summed E-state index contributed by atoms with van der Waals surface area (Å²) in [7, 11) is 0. The summed E-state index contributed by atoms with van der Waals surface area (Å²) in [4.78, 5) is 26.7. The standard InChI is InChI=1S/C25H36N8O4/c1-5-32(11-10-27-24(36)31-16-8-6-15(7-9-16)25(2,3)4)12-17-19(34)20(35)23(37-17)33-14-30-18-21(26)28-13-29-22(18)33/h6-9,13-14,17,19-20,23,34-35H,5,10-12H2,1-4H3,(H2,26,28,29)(H2,27,31,36)/t17-,19-,20-,23?/m1/s1. The molecule has 0 radical (unpaired) electrons. The molecule has 37 heavy (non-hydrogen) atoms. The molecule has 2 amide bonds. The molecule has 0 aliphatic carbocycles. The highest BCUT2D eigenvalue weighted by Gasteiger charge is 2.44. The molecule has 200 valence electrons. The van der Waals surface area contributed by atoms with Crippen molar-refractivity contribution in [3.8, 4) is 0 Å². The minimum absolute atomic E-state index is 0.0476. The van der Waals surface area contributed by atoms with E-state index < -0.39 is 24.5 Å². The van der Waals surface area contributed by atoms with E-state index in [1.54, 1.807) is 4.57 Å². The van der Waals surface area contributed by atoms with E-state index in [0.717, 1.165) is 5.69 Å². The third kappa shape index (κ3) is 5.99. The van der Waals surface area contributed by atoms with Crippen LogP contribution in [0.25, 0.3) is 11.2 Å². The molecule has 1 aliphatic heterocycles. The molecular weight excluding hydrogens is 476 g/mol. The van der Waals surface area contributed by atoms with Crippen molar-refractivity contribution in [2.24, 2.45) is 0 Å². The molecular formula is C25H36N8O4. The number of nitrogen functional groups attached to an aromatic ring is 1. The Morgan fingerprint density at radius 1 is 1.16 bits per heavy atom.